The van der Waals surface area contributed by atoms with E-state index < -0.39 is 17.9 Å². The highest BCUT2D eigenvalue weighted by Crippen LogP contribution is 2.51. The number of rotatable bonds is 5. The maximum Gasteiger partial charge on any atom is 0.296 e. The van der Waals surface area contributed by atoms with Gasteiger partial charge in [0.25, 0.3) is 5.91 Å². The van der Waals surface area contributed by atoms with Crippen LogP contribution in [0.3, 0.4) is 0 Å². The standard InChI is InChI=1S/C23H24ClN3O6S/c1-10-25-26-23(34-10)27-18(11-7-15(30-2)20(32-4)16(8-11)31-3)17-19(28)13-9-12(24)5-6-14(13)33-21(17)22(27)29/h7-8,12-14,18H,5-6,9H2,1-4H3. The van der Waals surface area contributed by atoms with Crippen molar-refractivity contribution < 1.29 is 28.5 Å². The van der Waals surface area contributed by atoms with Gasteiger partial charge in [-0.1, -0.05) is 11.3 Å². The summed E-state index contributed by atoms with van der Waals surface area (Å²) in [5.74, 6) is 0.375. The van der Waals surface area contributed by atoms with Crippen LogP contribution in [0.4, 0.5) is 5.13 Å². The number of carbonyl (C=O) groups excluding carboxylic acids is 2. The normalized spacial score (nSPS) is 26.2. The molecule has 1 amide bonds. The quantitative estimate of drug-likeness (QED) is 0.568. The first-order valence-corrected chi connectivity index (χ1v) is 12.2. The molecule has 1 aliphatic carbocycles. The first-order chi connectivity index (χ1) is 16.4. The lowest BCUT2D eigenvalue weighted by atomic mass is 9.77. The molecule has 34 heavy (non-hydrogen) atoms. The zero-order valence-electron chi connectivity index (χ0n) is 19.2. The molecule has 5 rings (SSSR count). The molecular weight excluding hydrogens is 482 g/mol. The largest absolute Gasteiger partial charge is 0.493 e. The summed E-state index contributed by atoms with van der Waals surface area (Å²) >= 11 is 7.67. The zero-order valence-corrected chi connectivity index (χ0v) is 20.7. The Morgan fingerprint density at radius 3 is 2.38 bits per heavy atom. The number of Topliss-reactive ketones (excluding diaryl/α,β-unsaturated/α-hetero) is 1. The molecule has 1 saturated carbocycles. The summed E-state index contributed by atoms with van der Waals surface area (Å²) in [6.07, 6.45) is 1.52. The molecule has 4 unspecified atom stereocenters. The third kappa shape index (κ3) is 3.51. The van der Waals surface area contributed by atoms with Crippen LogP contribution in [-0.2, 0) is 14.3 Å². The molecule has 11 heteroatoms. The first-order valence-electron chi connectivity index (χ1n) is 10.9. The minimum atomic E-state index is -0.785. The van der Waals surface area contributed by atoms with Crippen molar-refractivity contribution in [1.29, 1.82) is 0 Å². The molecule has 2 aromatic rings. The maximum atomic E-state index is 13.8. The summed E-state index contributed by atoms with van der Waals surface area (Å²) < 4.78 is 22.7. The molecule has 0 radical (unpaired) electrons. The molecule has 4 atom stereocenters. The van der Waals surface area contributed by atoms with Crippen LogP contribution in [0.25, 0.3) is 0 Å². The fraction of sp³-hybridized carbons (Fsp3) is 0.478. The number of alkyl halides is 1. The molecule has 2 aliphatic heterocycles. The van der Waals surface area contributed by atoms with Gasteiger partial charge in [0.15, 0.2) is 23.0 Å². The lowest BCUT2D eigenvalue weighted by molar-refractivity contribution is -0.131. The van der Waals surface area contributed by atoms with E-state index in [4.69, 9.17) is 30.5 Å². The van der Waals surface area contributed by atoms with E-state index in [9.17, 15) is 9.59 Å². The summed E-state index contributed by atoms with van der Waals surface area (Å²) in [4.78, 5) is 29.0. The van der Waals surface area contributed by atoms with Crippen LogP contribution in [0.15, 0.2) is 23.5 Å². The number of hydrogen-bond acceptors (Lipinski definition) is 9. The molecule has 3 heterocycles. The van der Waals surface area contributed by atoms with Crippen molar-refractivity contribution in [3.63, 3.8) is 0 Å². The summed E-state index contributed by atoms with van der Waals surface area (Å²) in [6.45, 7) is 1.81. The van der Waals surface area contributed by atoms with Crippen molar-refractivity contribution in [3.05, 3.63) is 34.0 Å². The number of amides is 1. The number of ketones is 1. The second kappa shape index (κ2) is 8.74. The van der Waals surface area contributed by atoms with Crippen LogP contribution in [0.1, 0.15) is 35.9 Å². The summed E-state index contributed by atoms with van der Waals surface area (Å²) in [5, 5.41) is 9.26. The Hall–Kier alpha value is -2.85. The highest BCUT2D eigenvalue weighted by molar-refractivity contribution is 7.15. The minimum Gasteiger partial charge on any atom is -0.493 e. The molecule has 9 nitrogen and oxygen atoms in total. The van der Waals surface area contributed by atoms with Crippen molar-refractivity contribution in [2.75, 3.05) is 26.2 Å². The van der Waals surface area contributed by atoms with E-state index in [0.29, 0.717) is 51.4 Å². The Morgan fingerprint density at radius 1 is 1.09 bits per heavy atom. The number of hydrogen-bond donors (Lipinski definition) is 0. The van der Waals surface area contributed by atoms with E-state index in [-0.39, 0.29) is 23.0 Å². The van der Waals surface area contributed by atoms with E-state index in [0.717, 1.165) is 6.42 Å². The number of aryl methyl sites for hydroxylation is 1. The van der Waals surface area contributed by atoms with Gasteiger partial charge in [-0.2, -0.15) is 0 Å². The van der Waals surface area contributed by atoms with Gasteiger partial charge >= 0.3 is 0 Å². The number of benzene rings is 1. The van der Waals surface area contributed by atoms with Gasteiger partial charge in [0, 0.05) is 5.38 Å². The average molecular weight is 506 g/mol. The highest BCUT2D eigenvalue weighted by atomic mass is 35.5. The van der Waals surface area contributed by atoms with Crippen LogP contribution < -0.4 is 19.1 Å². The highest BCUT2D eigenvalue weighted by Gasteiger charge is 2.54. The van der Waals surface area contributed by atoms with Gasteiger partial charge < -0.3 is 18.9 Å². The van der Waals surface area contributed by atoms with Crippen molar-refractivity contribution >= 4 is 39.8 Å². The smallest absolute Gasteiger partial charge is 0.296 e. The molecule has 180 valence electrons. The predicted molar refractivity (Wildman–Crippen MR) is 125 cm³/mol. The number of carbonyl (C=O) groups is 2. The van der Waals surface area contributed by atoms with Gasteiger partial charge in [0.1, 0.15) is 11.1 Å². The van der Waals surface area contributed by atoms with E-state index in [2.05, 4.69) is 10.2 Å². The van der Waals surface area contributed by atoms with Crippen LogP contribution in [-0.4, -0.2) is 54.7 Å². The fourth-order valence-electron chi connectivity index (χ4n) is 4.97. The maximum absolute atomic E-state index is 13.8. The Balaban J connectivity index is 1.69. The third-order valence-electron chi connectivity index (χ3n) is 6.51. The fourth-order valence-corrected chi connectivity index (χ4v) is 6.00. The van der Waals surface area contributed by atoms with Crippen LogP contribution >= 0.6 is 22.9 Å². The summed E-state index contributed by atoms with van der Waals surface area (Å²) in [6, 6.07) is 2.69. The number of fused-ring (bicyclic) bond motifs is 1. The van der Waals surface area contributed by atoms with Crippen molar-refractivity contribution in [1.82, 2.24) is 10.2 Å². The minimum absolute atomic E-state index is 0.0749. The topological polar surface area (TPSA) is 100 Å². The van der Waals surface area contributed by atoms with Gasteiger partial charge in [0.05, 0.1) is 38.9 Å². The number of methoxy groups -OCH3 is 3. The van der Waals surface area contributed by atoms with Crippen molar-refractivity contribution in [3.8, 4) is 17.2 Å². The van der Waals surface area contributed by atoms with Gasteiger partial charge in [-0.3, -0.25) is 14.5 Å². The molecule has 1 fully saturated rings. The van der Waals surface area contributed by atoms with E-state index in [1.807, 2.05) is 0 Å². The second-order valence-electron chi connectivity index (χ2n) is 8.42. The Bertz CT molecular complexity index is 1170. The van der Waals surface area contributed by atoms with Crippen LogP contribution in [0, 0.1) is 12.8 Å². The van der Waals surface area contributed by atoms with Crippen molar-refractivity contribution in [2.45, 2.75) is 43.7 Å². The van der Waals surface area contributed by atoms with E-state index >= 15 is 0 Å². The molecule has 1 aromatic heterocycles. The first kappa shape index (κ1) is 22.9. The number of anilines is 1. The number of ether oxygens (including phenoxy) is 4. The van der Waals surface area contributed by atoms with Crippen LogP contribution in [0.5, 0.6) is 17.2 Å². The summed E-state index contributed by atoms with van der Waals surface area (Å²) in [5.41, 5.74) is 0.911. The molecule has 0 saturated heterocycles. The summed E-state index contributed by atoms with van der Waals surface area (Å²) in [7, 11) is 4.54. The number of aromatic nitrogens is 2. The number of halogens is 1. The Morgan fingerprint density at radius 2 is 1.79 bits per heavy atom. The predicted octanol–water partition coefficient (Wildman–Crippen LogP) is 3.59. The average Bonchev–Trinajstić information content (AvgIpc) is 3.39. The van der Waals surface area contributed by atoms with Gasteiger partial charge in [-0.05, 0) is 43.9 Å². The molecule has 0 bridgehead atoms. The van der Waals surface area contributed by atoms with Gasteiger partial charge in [-0.25, -0.2) is 0 Å². The van der Waals surface area contributed by atoms with E-state index in [1.165, 1.54) is 37.6 Å². The second-order valence-corrected chi connectivity index (χ2v) is 10.2. The van der Waals surface area contributed by atoms with Gasteiger partial charge in [0.2, 0.25) is 10.9 Å². The Labute approximate surface area is 205 Å². The van der Waals surface area contributed by atoms with E-state index in [1.54, 1.807) is 19.1 Å². The number of nitrogens with zero attached hydrogens (tertiary/aromatic N) is 3. The lowest BCUT2D eigenvalue weighted by Crippen LogP contribution is -2.41. The Kier molecular flexibility index (Phi) is 5.89. The lowest BCUT2D eigenvalue weighted by Gasteiger charge is -2.37. The molecule has 3 aliphatic rings. The van der Waals surface area contributed by atoms with Gasteiger partial charge in [-0.15, -0.1) is 21.8 Å². The molecule has 0 N–H and O–H groups in total. The monoisotopic (exact) mass is 505 g/mol. The molecular formula is C23H24ClN3O6S. The SMILES string of the molecule is COc1cc(C2C3=C(OC4CCC(Cl)CC4C3=O)C(=O)N2c2nnc(C)s2)cc(OC)c1OC. The molecule has 0 spiro atoms. The zero-order chi connectivity index (χ0) is 24.1. The van der Waals surface area contributed by atoms with Crippen molar-refractivity contribution in [2.24, 2.45) is 5.92 Å². The molecule has 1 aromatic carbocycles. The van der Waals surface area contributed by atoms with Crippen LogP contribution in [0.2, 0.25) is 0 Å². The third-order valence-corrected chi connectivity index (χ3v) is 7.74.